The van der Waals surface area contributed by atoms with Crippen molar-refractivity contribution in [2.45, 2.75) is 6.42 Å². The number of imide groups is 1. The van der Waals surface area contributed by atoms with E-state index >= 15 is 0 Å². The molecule has 0 aromatic heterocycles. The summed E-state index contributed by atoms with van der Waals surface area (Å²) in [5.74, 6) is -0.758. The van der Waals surface area contributed by atoms with E-state index in [2.05, 4.69) is 21.1 Å². The molecule has 9 heteroatoms. The Balaban J connectivity index is 1.71. The molecule has 1 fully saturated rings. The summed E-state index contributed by atoms with van der Waals surface area (Å²) < 4.78 is 0.831. The van der Waals surface area contributed by atoms with E-state index in [-0.39, 0.29) is 24.6 Å². The van der Waals surface area contributed by atoms with Crippen LogP contribution in [0.25, 0.3) is 0 Å². The molecular weight excluding hydrogens is 418 g/mol. The fourth-order valence-electron chi connectivity index (χ4n) is 3.32. The van der Waals surface area contributed by atoms with Crippen molar-refractivity contribution in [2.75, 3.05) is 11.5 Å². The van der Waals surface area contributed by atoms with Crippen LogP contribution in [-0.2, 0) is 14.4 Å². The van der Waals surface area contributed by atoms with E-state index in [0.29, 0.717) is 17.0 Å². The van der Waals surface area contributed by atoms with E-state index in [1.807, 2.05) is 0 Å². The fourth-order valence-corrected chi connectivity index (χ4v) is 3.59. The predicted molar refractivity (Wildman–Crippen MR) is 99.3 cm³/mol. The number of hydrogen-bond acceptors (Lipinski definition) is 6. The van der Waals surface area contributed by atoms with Gasteiger partial charge in [-0.3, -0.25) is 19.7 Å². The number of non-ortho nitro benzene ring substituents is 1. The average Bonchev–Trinajstić information content (AvgIpc) is 3.18. The van der Waals surface area contributed by atoms with Crippen LogP contribution in [0.2, 0.25) is 0 Å². The van der Waals surface area contributed by atoms with Gasteiger partial charge in [-0.15, -0.1) is 0 Å². The van der Waals surface area contributed by atoms with Crippen molar-refractivity contribution < 1.29 is 19.3 Å². The Morgan fingerprint density at radius 1 is 1.11 bits per heavy atom. The second kappa shape index (κ2) is 6.27. The maximum atomic E-state index is 13.2. The summed E-state index contributed by atoms with van der Waals surface area (Å²) in [6.45, 7) is -0.0447. The minimum Gasteiger partial charge on any atom is -0.394 e. The van der Waals surface area contributed by atoms with Gasteiger partial charge in [-0.2, -0.15) is 0 Å². The smallest absolute Gasteiger partial charge is 0.269 e. The van der Waals surface area contributed by atoms with Gasteiger partial charge in [0.15, 0.2) is 0 Å². The molecule has 0 bridgehead atoms. The lowest BCUT2D eigenvalue weighted by Crippen LogP contribution is -2.41. The summed E-state index contributed by atoms with van der Waals surface area (Å²) in [6, 6.07) is 12.5. The van der Waals surface area contributed by atoms with Crippen LogP contribution < -0.4 is 4.90 Å². The lowest BCUT2D eigenvalue weighted by molar-refractivity contribution is -0.384. The van der Waals surface area contributed by atoms with Gasteiger partial charge in [0.05, 0.1) is 17.0 Å². The molecule has 2 heterocycles. The molecule has 1 saturated heterocycles. The Labute approximate surface area is 161 Å². The summed E-state index contributed by atoms with van der Waals surface area (Å²) in [5.41, 5.74) is 0.00484. The van der Waals surface area contributed by atoms with Gasteiger partial charge < -0.3 is 4.84 Å². The first kappa shape index (κ1) is 17.3. The molecule has 0 N–H and O–H groups in total. The molecule has 2 aliphatic heterocycles. The van der Waals surface area contributed by atoms with Gasteiger partial charge in [0.25, 0.3) is 5.69 Å². The Morgan fingerprint density at radius 2 is 1.78 bits per heavy atom. The second-order valence-electron chi connectivity index (χ2n) is 6.29. The molecular formula is C18H12BrN3O5. The van der Waals surface area contributed by atoms with Crippen LogP contribution in [0.4, 0.5) is 11.4 Å². The van der Waals surface area contributed by atoms with E-state index in [1.165, 1.54) is 24.3 Å². The van der Waals surface area contributed by atoms with E-state index in [1.54, 1.807) is 24.3 Å². The fraction of sp³-hybridized carbons (Fsp3) is 0.167. The number of halogens is 1. The van der Waals surface area contributed by atoms with Crippen LogP contribution in [0.1, 0.15) is 12.0 Å². The van der Waals surface area contributed by atoms with Gasteiger partial charge in [-0.05, 0) is 36.4 Å². The molecule has 2 aliphatic rings. The summed E-state index contributed by atoms with van der Waals surface area (Å²) in [5, 5.41) is 14.8. The predicted octanol–water partition coefficient (Wildman–Crippen LogP) is 3.04. The highest BCUT2D eigenvalue weighted by Crippen LogP contribution is 2.42. The van der Waals surface area contributed by atoms with Crippen LogP contribution in [0, 0.1) is 15.5 Å². The maximum absolute atomic E-state index is 13.2. The minimum atomic E-state index is -1.22. The van der Waals surface area contributed by atoms with Crippen LogP contribution in [0.5, 0.6) is 0 Å². The number of hydrogen-bond donors (Lipinski definition) is 0. The zero-order valence-corrected chi connectivity index (χ0v) is 15.4. The Bertz CT molecular complexity index is 987. The van der Waals surface area contributed by atoms with Crippen LogP contribution >= 0.6 is 15.9 Å². The van der Waals surface area contributed by atoms with E-state index in [9.17, 15) is 19.7 Å². The highest BCUT2D eigenvalue weighted by atomic mass is 79.9. The minimum absolute atomic E-state index is 0.0447. The van der Waals surface area contributed by atoms with Crippen LogP contribution in [-0.4, -0.2) is 29.1 Å². The first-order valence-corrected chi connectivity index (χ1v) is 8.80. The van der Waals surface area contributed by atoms with E-state index in [4.69, 9.17) is 4.84 Å². The molecule has 0 saturated carbocycles. The number of oxime groups is 1. The number of carbonyl (C=O) groups is 2. The van der Waals surface area contributed by atoms with Crippen molar-refractivity contribution in [1.29, 1.82) is 0 Å². The van der Waals surface area contributed by atoms with Crippen molar-refractivity contribution in [2.24, 2.45) is 10.6 Å². The largest absolute Gasteiger partial charge is 0.394 e. The molecule has 1 spiro atoms. The quantitative estimate of drug-likeness (QED) is 0.423. The van der Waals surface area contributed by atoms with Gasteiger partial charge >= 0.3 is 0 Å². The zero-order valence-electron chi connectivity index (χ0n) is 13.8. The summed E-state index contributed by atoms with van der Waals surface area (Å²) in [6.07, 6.45) is -0.0717. The highest BCUT2D eigenvalue weighted by Gasteiger charge is 2.59. The molecule has 0 aliphatic carbocycles. The summed E-state index contributed by atoms with van der Waals surface area (Å²) >= 11 is 3.32. The van der Waals surface area contributed by atoms with E-state index < -0.39 is 16.2 Å². The average molecular weight is 430 g/mol. The number of amides is 2. The topological polar surface area (TPSA) is 102 Å². The molecule has 2 aromatic carbocycles. The molecule has 27 heavy (non-hydrogen) atoms. The van der Waals surface area contributed by atoms with Gasteiger partial charge in [0.2, 0.25) is 11.8 Å². The van der Waals surface area contributed by atoms with Crippen LogP contribution in [0.15, 0.2) is 58.2 Å². The number of rotatable bonds is 3. The lowest BCUT2D eigenvalue weighted by atomic mass is 9.79. The maximum Gasteiger partial charge on any atom is 0.269 e. The van der Waals surface area contributed by atoms with Crippen molar-refractivity contribution in [1.82, 2.24) is 0 Å². The lowest BCUT2D eigenvalue weighted by Gasteiger charge is -2.21. The molecule has 1 unspecified atom stereocenters. The Hall–Kier alpha value is -3.07. The van der Waals surface area contributed by atoms with Crippen molar-refractivity contribution in [3.05, 3.63) is 68.7 Å². The number of carbonyl (C=O) groups excluding carboxylic acids is 2. The Morgan fingerprint density at radius 3 is 2.41 bits per heavy atom. The Kier molecular flexibility index (Phi) is 4.03. The monoisotopic (exact) mass is 429 g/mol. The summed E-state index contributed by atoms with van der Waals surface area (Å²) in [4.78, 5) is 42.5. The van der Waals surface area contributed by atoms with Crippen molar-refractivity contribution >= 4 is 44.8 Å². The van der Waals surface area contributed by atoms with Gasteiger partial charge in [-0.25, -0.2) is 4.90 Å². The third-order valence-corrected chi connectivity index (χ3v) is 5.20. The number of nitro groups is 1. The molecule has 136 valence electrons. The number of anilines is 1. The molecule has 2 aromatic rings. The second-order valence-corrected chi connectivity index (χ2v) is 7.20. The highest BCUT2D eigenvalue weighted by molar-refractivity contribution is 9.10. The van der Waals surface area contributed by atoms with Crippen molar-refractivity contribution in [3.8, 4) is 0 Å². The van der Waals surface area contributed by atoms with Gasteiger partial charge in [0.1, 0.15) is 17.7 Å². The van der Waals surface area contributed by atoms with Gasteiger partial charge in [-0.1, -0.05) is 21.1 Å². The standard InChI is InChI=1S/C18H12BrN3O5/c19-12-3-7-13(8-4-12)21-15(23)9-18(17(21)24)10-27-20-16(18)11-1-5-14(6-2-11)22(25)26/h1-8H,9-10H2. The third-order valence-electron chi connectivity index (χ3n) is 4.67. The first-order valence-electron chi connectivity index (χ1n) is 8.01. The van der Waals surface area contributed by atoms with Crippen LogP contribution in [0.3, 0.4) is 0 Å². The molecule has 2 amide bonds. The third kappa shape index (κ3) is 2.71. The summed E-state index contributed by atoms with van der Waals surface area (Å²) in [7, 11) is 0. The molecule has 8 nitrogen and oxygen atoms in total. The number of benzene rings is 2. The van der Waals surface area contributed by atoms with Crippen molar-refractivity contribution in [3.63, 3.8) is 0 Å². The molecule has 4 rings (SSSR count). The molecule has 0 radical (unpaired) electrons. The number of nitrogens with zero attached hydrogens (tertiary/aromatic N) is 3. The zero-order chi connectivity index (χ0) is 19.2. The number of nitro benzene ring substituents is 1. The SMILES string of the molecule is O=C1CC2(CON=C2c2ccc([N+](=O)[O-])cc2)C(=O)N1c1ccc(Br)cc1. The molecule has 1 atom stereocenters. The first-order chi connectivity index (χ1) is 12.9. The normalized spacial score (nSPS) is 21.5. The van der Waals surface area contributed by atoms with E-state index in [0.717, 1.165) is 9.37 Å². The van der Waals surface area contributed by atoms with Gasteiger partial charge in [0, 0.05) is 22.2 Å².